The summed E-state index contributed by atoms with van der Waals surface area (Å²) in [5.41, 5.74) is 1.08. The molecule has 1 aliphatic rings. The van der Waals surface area contributed by atoms with E-state index in [0.29, 0.717) is 12.0 Å². The molecule has 0 unspecified atom stereocenters. The number of hydrogen-bond donors (Lipinski definition) is 0. The van der Waals surface area contributed by atoms with Gasteiger partial charge in [0.05, 0.1) is 0 Å². The molecule has 0 N–H and O–H groups in total. The largest absolute Gasteiger partial charge is 0.300 e. The molecule has 2 rings (SSSR count). The quantitative estimate of drug-likeness (QED) is 0.764. The van der Waals surface area contributed by atoms with E-state index in [1.54, 1.807) is 0 Å². The lowest BCUT2D eigenvalue weighted by Crippen LogP contribution is -2.39. The molecule has 3 heteroatoms. The molecule has 1 aromatic rings. The maximum Gasteiger partial charge on any atom is 0.132 e. The second-order valence-corrected chi connectivity index (χ2v) is 4.98. The molecule has 2 heterocycles. The van der Waals surface area contributed by atoms with E-state index in [1.807, 2.05) is 19.2 Å². The van der Waals surface area contributed by atoms with Crippen LogP contribution in [-0.2, 0) is 0 Å². The minimum Gasteiger partial charge on any atom is -0.300 e. The topological polar surface area (TPSA) is 29.0 Å². The third-order valence-corrected chi connectivity index (χ3v) is 3.36. The average molecular weight is 219 g/mol. The van der Waals surface area contributed by atoms with Gasteiger partial charge in [0.1, 0.15) is 5.82 Å². The summed E-state index contributed by atoms with van der Waals surface area (Å²) in [5, 5.41) is 0. The standard InChI is InChI=1S/C13H21N3/c1-10(2)16-8-4-5-12(9-16)13-14-7-6-11(3)15-13/h6-7,10,12H,4-5,8-9H2,1-3H3/t12-/m0/s1. The second-order valence-electron chi connectivity index (χ2n) is 4.98. The third-order valence-electron chi connectivity index (χ3n) is 3.36. The predicted molar refractivity (Wildman–Crippen MR) is 65.5 cm³/mol. The lowest BCUT2D eigenvalue weighted by molar-refractivity contribution is 0.164. The first kappa shape index (κ1) is 11.5. The van der Waals surface area contributed by atoms with E-state index >= 15 is 0 Å². The zero-order valence-corrected chi connectivity index (χ0v) is 10.5. The SMILES string of the molecule is Cc1ccnc([C@H]2CCCN(C(C)C)C2)n1. The van der Waals surface area contributed by atoms with Gasteiger partial charge in [-0.1, -0.05) is 0 Å². The van der Waals surface area contributed by atoms with Crippen molar-refractivity contribution in [2.75, 3.05) is 13.1 Å². The first-order valence-electron chi connectivity index (χ1n) is 6.20. The molecule has 1 saturated heterocycles. The zero-order chi connectivity index (χ0) is 11.5. The van der Waals surface area contributed by atoms with Crippen molar-refractivity contribution in [3.8, 4) is 0 Å². The summed E-state index contributed by atoms with van der Waals surface area (Å²) in [6, 6.07) is 2.60. The first-order valence-corrected chi connectivity index (χ1v) is 6.20. The fourth-order valence-electron chi connectivity index (χ4n) is 2.35. The van der Waals surface area contributed by atoms with Crippen LogP contribution in [0.3, 0.4) is 0 Å². The van der Waals surface area contributed by atoms with Gasteiger partial charge in [-0.25, -0.2) is 9.97 Å². The average Bonchev–Trinajstić information content (AvgIpc) is 2.29. The van der Waals surface area contributed by atoms with E-state index in [2.05, 4.69) is 28.7 Å². The minimum atomic E-state index is 0.524. The summed E-state index contributed by atoms with van der Waals surface area (Å²) in [7, 11) is 0. The first-order chi connectivity index (χ1) is 7.66. The molecule has 16 heavy (non-hydrogen) atoms. The van der Waals surface area contributed by atoms with Gasteiger partial charge in [-0.15, -0.1) is 0 Å². The summed E-state index contributed by atoms with van der Waals surface area (Å²) in [6.07, 6.45) is 4.37. The van der Waals surface area contributed by atoms with Gasteiger partial charge in [-0.05, 0) is 46.2 Å². The van der Waals surface area contributed by atoms with Crippen LogP contribution in [0, 0.1) is 6.92 Å². The highest BCUT2D eigenvalue weighted by Gasteiger charge is 2.24. The maximum atomic E-state index is 4.55. The highest BCUT2D eigenvalue weighted by molar-refractivity contribution is 5.05. The van der Waals surface area contributed by atoms with Gasteiger partial charge in [0.25, 0.3) is 0 Å². The van der Waals surface area contributed by atoms with Crippen molar-refractivity contribution in [2.45, 2.75) is 45.6 Å². The molecule has 3 nitrogen and oxygen atoms in total. The van der Waals surface area contributed by atoms with Gasteiger partial charge < -0.3 is 4.90 Å². The summed E-state index contributed by atoms with van der Waals surface area (Å²) in [6.45, 7) is 8.90. The number of piperidine rings is 1. The van der Waals surface area contributed by atoms with Crippen LogP contribution >= 0.6 is 0 Å². The summed E-state index contributed by atoms with van der Waals surface area (Å²) >= 11 is 0. The molecule has 1 aliphatic heterocycles. The van der Waals surface area contributed by atoms with Crippen molar-refractivity contribution in [1.29, 1.82) is 0 Å². The molecule has 0 bridgehead atoms. The Balaban J connectivity index is 2.09. The molecular formula is C13H21N3. The molecule has 0 amide bonds. The Hall–Kier alpha value is -0.960. The van der Waals surface area contributed by atoms with Gasteiger partial charge in [0, 0.05) is 30.4 Å². The minimum absolute atomic E-state index is 0.524. The van der Waals surface area contributed by atoms with E-state index in [0.717, 1.165) is 18.1 Å². The molecule has 0 spiro atoms. The maximum absolute atomic E-state index is 4.55. The van der Waals surface area contributed by atoms with E-state index in [-0.39, 0.29) is 0 Å². The lowest BCUT2D eigenvalue weighted by atomic mass is 9.96. The van der Waals surface area contributed by atoms with Gasteiger partial charge in [0.2, 0.25) is 0 Å². The number of aryl methyl sites for hydroxylation is 1. The Morgan fingerprint density at radius 1 is 1.44 bits per heavy atom. The molecule has 0 aromatic carbocycles. The van der Waals surface area contributed by atoms with Gasteiger partial charge >= 0.3 is 0 Å². The third kappa shape index (κ3) is 2.59. The van der Waals surface area contributed by atoms with Crippen LogP contribution in [-0.4, -0.2) is 34.0 Å². The Labute approximate surface area is 97.9 Å². The van der Waals surface area contributed by atoms with Gasteiger partial charge in [0.15, 0.2) is 0 Å². The predicted octanol–water partition coefficient (Wildman–Crippen LogP) is 2.37. The smallest absolute Gasteiger partial charge is 0.132 e. The normalized spacial score (nSPS) is 22.6. The van der Waals surface area contributed by atoms with E-state index in [1.165, 1.54) is 19.4 Å². The molecule has 0 radical (unpaired) electrons. The van der Waals surface area contributed by atoms with E-state index in [9.17, 15) is 0 Å². The van der Waals surface area contributed by atoms with Crippen LogP contribution in [0.25, 0.3) is 0 Å². The molecule has 88 valence electrons. The van der Waals surface area contributed by atoms with Crippen LogP contribution in [0.1, 0.15) is 44.1 Å². The molecule has 0 aliphatic carbocycles. The summed E-state index contributed by atoms with van der Waals surface area (Å²) < 4.78 is 0. The Kier molecular flexibility index (Phi) is 3.54. The number of aromatic nitrogens is 2. The molecule has 1 fully saturated rings. The fourth-order valence-corrected chi connectivity index (χ4v) is 2.35. The Morgan fingerprint density at radius 2 is 2.25 bits per heavy atom. The summed E-state index contributed by atoms with van der Waals surface area (Å²) in [5.74, 6) is 1.56. The monoisotopic (exact) mass is 219 g/mol. The van der Waals surface area contributed by atoms with Crippen molar-refractivity contribution < 1.29 is 0 Å². The number of rotatable bonds is 2. The second kappa shape index (κ2) is 4.91. The van der Waals surface area contributed by atoms with Crippen LogP contribution in [0.4, 0.5) is 0 Å². The van der Waals surface area contributed by atoms with Crippen LogP contribution < -0.4 is 0 Å². The van der Waals surface area contributed by atoms with Crippen molar-refractivity contribution in [3.05, 3.63) is 23.8 Å². The van der Waals surface area contributed by atoms with Crippen LogP contribution in [0.2, 0.25) is 0 Å². The Morgan fingerprint density at radius 3 is 2.94 bits per heavy atom. The van der Waals surface area contributed by atoms with E-state index < -0.39 is 0 Å². The van der Waals surface area contributed by atoms with Crippen molar-refractivity contribution in [1.82, 2.24) is 14.9 Å². The highest BCUT2D eigenvalue weighted by atomic mass is 15.2. The van der Waals surface area contributed by atoms with Crippen molar-refractivity contribution >= 4 is 0 Å². The molecule has 1 aromatic heterocycles. The molecular weight excluding hydrogens is 198 g/mol. The van der Waals surface area contributed by atoms with Crippen LogP contribution in [0.5, 0.6) is 0 Å². The molecule has 0 saturated carbocycles. The van der Waals surface area contributed by atoms with Gasteiger partial charge in [-0.2, -0.15) is 0 Å². The summed E-state index contributed by atoms with van der Waals surface area (Å²) in [4.78, 5) is 11.5. The van der Waals surface area contributed by atoms with Crippen LogP contribution in [0.15, 0.2) is 12.3 Å². The number of nitrogens with zero attached hydrogens (tertiary/aromatic N) is 3. The zero-order valence-electron chi connectivity index (χ0n) is 10.5. The fraction of sp³-hybridized carbons (Fsp3) is 0.692. The Bertz CT molecular complexity index is 349. The number of likely N-dealkylation sites (tertiary alicyclic amines) is 1. The van der Waals surface area contributed by atoms with Crippen molar-refractivity contribution in [2.24, 2.45) is 0 Å². The number of hydrogen-bond acceptors (Lipinski definition) is 3. The molecule has 1 atom stereocenters. The van der Waals surface area contributed by atoms with Crippen molar-refractivity contribution in [3.63, 3.8) is 0 Å². The van der Waals surface area contributed by atoms with E-state index in [4.69, 9.17) is 0 Å². The van der Waals surface area contributed by atoms with Gasteiger partial charge in [-0.3, -0.25) is 0 Å². The highest BCUT2D eigenvalue weighted by Crippen LogP contribution is 2.25. The lowest BCUT2D eigenvalue weighted by Gasteiger charge is -2.34.